The van der Waals surface area contributed by atoms with Gasteiger partial charge in [-0.1, -0.05) is 48.9 Å². The van der Waals surface area contributed by atoms with E-state index in [1.807, 2.05) is 37.3 Å². The van der Waals surface area contributed by atoms with Crippen molar-refractivity contribution in [2.75, 3.05) is 38.1 Å². The fourth-order valence-electron chi connectivity index (χ4n) is 3.40. The Morgan fingerprint density at radius 1 is 1.03 bits per heavy atom. The van der Waals surface area contributed by atoms with Gasteiger partial charge in [0, 0.05) is 50.7 Å². The van der Waals surface area contributed by atoms with Gasteiger partial charge in [-0.25, -0.2) is 4.98 Å². The minimum Gasteiger partial charge on any atom is -0.405 e. The van der Waals surface area contributed by atoms with Crippen molar-refractivity contribution < 1.29 is 9.53 Å². The van der Waals surface area contributed by atoms with Gasteiger partial charge in [-0.15, -0.1) is 0 Å². The highest BCUT2D eigenvalue weighted by atomic mass is 35.5. The van der Waals surface area contributed by atoms with Crippen LogP contribution in [-0.2, 0) is 12.8 Å². The molecule has 0 bridgehead atoms. The molecule has 1 aromatic carbocycles. The van der Waals surface area contributed by atoms with E-state index in [1.54, 1.807) is 12.1 Å². The fourth-order valence-corrected chi connectivity index (χ4v) is 3.60. The lowest BCUT2D eigenvalue weighted by Gasteiger charge is -2.32. The predicted octanol–water partition coefficient (Wildman–Crippen LogP) is 3.45. The van der Waals surface area contributed by atoms with Gasteiger partial charge in [0.15, 0.2) is 5.78 Å². The number of hydrogen-bond acceptors (Lipinski definition) is 8. The quantitative estimate of drug-likeness (QED) is 0.398. The monoisotopic (exact) mass is 452 g/mol. The summed E-state index contributed by atoms with van der Waals surface area (Å²) >= 11 is 6.18. The molecule has 2 aromatic heterocycles. The van der Waals surface area contributed by atoms with Crippen molar-refractivity contribution in [1.29, 1.82) is 0 Å². The molecular weight excluding hydrogens is 428 g/mol. The van der Waals surface area contributed by atoms with E-state index in [0.717, 1.165) is 31.7 Å². The first-order valence-corrected chi connectivity index (χ1v) is 11.0. The van der Waals surface area contributed by atoms with Crippen molar-refractivity contribution in [3.8, 4) is 11.9 Å². The van der Waals surface area contributed by atoms with E-state index >= 15 is 0 Å². The van der Waals surface area contributed by atoms with Crippen molar-refractivity contribution in [3.05, 3.63) is 64.6 Å². The van der Waals surface area contributed by atoms with Gasteiger partial charge in [0.25, 0.3) is 0 Å². The van der Waals surface area contributed by atoms with Crippen molar-refractivity contribution in [2.45, 2.75) is 19.8 Å². The Balaban J connectivity index is 1.55. The predicted molar refractivity (Wildman–Crippen MR) is 123 cm³/mol. The first-order chi connectivity index (χ1) is 15.5. The Bertz CT molecular complexity index is 1090. The highest BCUT2D eigenvalue weighted by Gasteiger charge is 2.19. The molecule has 1 aliphatic heterocycles. The van der Waals surface area contributed by atoms with Crippen molar-refractivity contribution >= 4 is 23.3 Å². The molecule has 1 aliphatic rings. The van der Waals surface area contributed by atoms with Gasteiger partial charge in [0.1, 0.15) is 11.0 Å². The molecule has 4 rings (SSSR count). The van der Waals surface area contributed by atoms with Gasteiger partial charge in [-0.2, -0.15) is 15.0 Å². The Morgan fingerprint density at radius 2 is 1.78 bits per heavy atom. The zero-order valence-electron chi connectivity index (χ0n) is 18.2. The fraction of sp³-hybridized carbons (Fsp3) is 0.348. The van der Waals surface area contributed by atoms with Crippen LogP contribution in [0.2, 0.25) is 5.15 Å². The number of piperazine rings is 1. The molecule has 0 unspecified atom stereocenters. The Hall–Kier alpha value is -3.10. The topological polar surface area (TPSA) is 84.3 Å². The Kier molecular flexibility index (Phi) is 6.92. The number of aryl methyl sites for hydroxylation is 1. The lowest BCUT2D eigenvalue weighted by Crippen LogP contribution is -2.45. The number of rotatable bonds is 7. The van der Waals surface area contributed by atoms with Crippen LogP contribution in [0.5, 0.6) is 11.9 Å². The van der Waals surface area contributed by atoms with Crippen LogP contribution in [0, 0.1) is 0 Å². The first kappa shape index (κ1) is 22.1. The molecule has 3 heterocycles. The molecule has 1 fully saturated rings. The molecule has 9 heteroatoms. The van der Waals surface area contributed by atoms with E-state index in [2.05, 4.69) is 36.8 Å². The van der Waals surface area contributed by atoms with Gasteiger partial charge in [-0.3, -0.25) is 4.79 Å². The summed E-state index contributed by atoms with van der Waals surface area (Å²) in [6.07, 6.45) is 0.906. The van der Waals surface area contributed by atoms with Gasteiger partial charge in [0.2, 0.25) is 11.8 Å². The van der Waals surface area contributed by atoms with Crippen LogP contribution in [0.15, 0.2) is 42.5 Å². The molecule has 32 heavy (non-hydrogen) atoms. The summed E-state index contributed by atoms with van der Waals surface area (Å²) < 4.78 is 5.85. The van der Waals surface area contributed by atoms with Crippen LogP contribution in [-0.4, -0.2) is 63.8 Å². The number of halogens is 1. The largest absolute Gasteiger partial charge is 0.405 e. The van der Waals surface area contributed by atoms with Crippen LogP contribution in [0.4, 0.5) is 5.95 Å². The minimum absolute atomic E-state index is 0.0756. The molecule has 3 aromatic rings. The lowest BCUT2D eigenvalue weighted by atomic mass is 10.0. The summed E-state index contributed by atoms with van der Waals surface area (Å²) in [5.74, 6) is 1.31. The number of ether oxygens (including phenoxy) is 1. The number of Topliss-reactive ketones (excluding diaryl/α,β-unsaturated/α-hetero) is 1. The van der Waals surface area contributed by atoms with E-state index in [0.29, 0.717) is 23.8 Å². The van der Waals surface area contributed by atoms with Crippen LogP contribution >= 0.6 is 11.6 Å². The number of carbonyl (C=O) groups is 1. The molecule has 0 saturated carbocycles. The molecule has 8 nitrogen and oxygen atoms in total. The highest BCUT2D eigenvalue weighted by molar-refractivity contribution is 6.29. The summed E-state index contributed by atoms with van der Waals surface area (Å²) in [7, 11) is 2.10. The molecule has 1 saturated heterocycles. The minimum atomic E-state index is -0.0756. The molecule has 0 amide bonds. The summed E-state index contributed by atoms with van der Waals surface area (Å²) in [4.78, 5) is 34.8. The second-order valence-electron chi connectivity index (χ2n) is 7.68. The Labute approximate surface area is 192 Å². The third-order valence-electron chi connectivity index (χ3n) is 5.25. The SMILES string of the molecule is CCc1nc(Oc2cc(C(=O)Cc3ccccc3)cc(Cl)n2)nc(N2CCN(C)CC2)n1. The third-order valence-corrected chi connectivity index (χ3v) is 5.44. The average Bonchev–Trinajstić information content (AvgIpc) is 2.79. The standard InChI is InChI=1S/C23H25ClN6O2/c1-3-20-26-22(30-11-9-29(2)10-12-30)28-23(27-20)32-21-15-17(14-19(24)25-21)18(31)13-16-7-5-4-6-8-16/h4-8,14-15H,3,9-13H2,1-2H3. The zero-order chi connectivity index (χ0) is 22.5. The van der Waals surface area contributed by atoms with Crippen LogP contribution in [0.25, 0.3) is 0 Å². The maximum Gasteiger partial charge on any atom is 0.328 e. The summed E-state index contributed by atoms with van der Waals surface area (Å²) in [6, 6.07) is 12.8. The number of hydrogen-bond donors (Lipinski definition) is 0. The number of likely N-dealkylation sites (N-methyl/N-ethyl adjacent to an activating group) is 1. The number of pyridine rings is 1. The second kappa shape index (κ2) is 10.0. The number of benzene rings is 1. The van der Waals surface area contributed by atoms with Crippen molar-refractivity contribution in [2.24, 2.45) is 0 Å². The summed E-state index contributed by atoms with van der Waals surface area (Å²) in [5, 5.41) is 0.169. The van der Waals surface area contributed by atoms with Gasteiger partial charge in [-0.05, 0) is 18.7 Å². The van der Waals surface area contributed by atoms with Crippen LogP contribution in [0.1, 0.15) is 28.7 Å². The number of carbonyl (C=O) groups excluding carboxylic acids is 1. The van der Waals surface area contributed by atoms with Gasteiger partial charge >= 0.3 is 6.01 Å². The normalized spacial score (nSPS) is 14.4. The van der Waals surface area contributed by atoms with Crippen LogP contribution in [0.3, 0.4) is 0 Å². The summed E-state index contributed by atoms with van der Waals surface area (Å²) in [5.41, 5.74) is 1.35. The molecule has 0 atom stereocenters. The third kappa shape index (κ3) is 5.57. The van der Waals surface area contributed by atoms with Gasteiger partial charge < -0.3 is 14.5 Å². The summed E-state index contributed by atoms with van der Waals surface area (Å²) in [6.45, 7) is 5.51. The Morgan fingerprint density at radius 3 is 2.50 bits per heavy atom. The molecule has 166 valence electrons. The van der Waals surface area contributed by atoms with E-state index in [-0.39, 0.29) is 29.2 Å². The average molecular weight is 453 g/mol. The molecule has 0 spiro atoms. The van der Waals surface area contributed by atoms with Crippen molar-refractivity contribution in [3.63, 3.8) is 0 Å². The van der Waals surface area contributed by atoms with Gasteiger partial charge in [0.05, 0.1) is 0 Å². The number of anilines is 1. The first-order valence-electron chi connectivity index (χ1n) is 10.6. The smallest absolute Gasteiger partial charge is 0.328 e. The van der Waals surface area contributed by atoms with E-state index in [1.165, 1.54) is 0 Å². The molecule has 0 aliphatic carbocycles. The highest BCUT2D eigenvalue weighted by Crippen LogP contribution is 2.23. The lowest BCUT2D eigenvalue weighted by molar-refractivity contribution is 0.0992. The number of nitrogens with zero attached hydrogens (tertiary/aromatic N) is 6. The second-order valence-corrected chi connectivity index (χ2v) is 8.07. The maximum atomic E-state index is 12.8. The maximum absolute atomic E-state index is 12.8. The number of ketones is 1. The zero-order valence-corrected chi connectivity index (χ0v) is 18.9. The molecule has 0 radical (unpaired) electrons. The van der Waals surface area contributed by atoms with E-state index in [4.69, 9.17) is 16.3 Å². The molecule has 0 N–H and O–H groups in total. The van der Waals surface area contributed by atoms with Crippen LogP contribution < -0.4 is 9.64 Å². The van der Waals surface area contributed by atoms with E-state index < -0.39 is 0 Å². The van der Waals surface area contributed by atoms with Crippen molar-refractivity contribution in [1.82, 2.24) is 24.8 Å². The number of aromatic nitrogens is 4. The molecular formula is C23H25ClN6O2. The van der Waals surface area contributed by atoms with E-state index in [9.17, 15) is 4.79 Å².